The van der Waals surface area contributed by atoms with Crippen LogP contribution in [0.5, 0.6) is 5.75 Å². The van der Waals surface area contributed by atoms with Crippen molar-refractivity contribution in [2.24, 2.45) is 0 Å². The van der Waals surface area contributed by atoms with E-state index >= 15 is 0 Å². The maximum atomic E-state index is 12.8. The normalized spacial score (nSPS) is 10.9. The quantitative estimate of drug-likeness (QED) is 0.216. The molecule has 0 bridgehead atoms. The molecule has 1 amide bonds. The van der Waals surface area contributed by atoms with Gasteiger partial charge in [-0.05, 0) is 94.6 Å². The zero-order valence-electron chi connectivity index (χ0n) is 19.5. The minimum absolute atomic E-state index is 0.142. The Morgan fingerprint density at radius 1 is 0.914 bits per heavy atom. The van der Waals surface area contributed by atoms with Crippen LogP contribution in [0.1, 0.15) is 22.5 Å². The Bertz CT molecular complexity index is 1320. The minimum atomic E-state index is -0.142. The van der Waals surface area contributed by atoms with E-state index in [-0.39, 0.29) is 18.3 Å². The summed E-state index contributed by atoms with van der Waals surface area (Å²) in [6.07, 6.45) is 0. The third-order valence-electron chi connectivity index (χ3n) is 5.16. The summed E-state index contributed by atoms with van der Waals surface area (Å²) in [6, 6.07) is 19.9. The first-order valence-corrected chi connectivity index (χ1v) is 13.5. The summed E-state index contributed by atoms with van der Waals surface area (Å²) in [5.74, 6) is 1.45. The molecule has 0 saturated heterocycles. The van der Waals surface area contributed by atoms with Gasteiger partial charge in [-0.2, -0.15) is 0 Å². The standard InChI is InChI=1S/C26H24Br2N4O2S/c1-16-4-8-19(9-5-16)32-23(14-34-20-10-6-17(2)7-11-20)30-31-26(32)35-15-24(33)29-25-21(27)12-18(3)13-22(25)28/h4-13H,14-15H2,1-3H3,(H,29,33). The van der Waals surface area contributed by atoms with E-state index in [0.29, 0.717) is 16.7 Å². The van der Waals surface area contributed by atoms with Crippen molar-refractivity contribution in [3.63, 3.8) is 0 Å². The van der Waals surface area contributed by atoms with Crippen LogP contribution in [0.2, 0.25) is 0 Å². The smallest absolute Gasteiger partial charge is 0.234 e. The van der Waals surface area contributed by atoms with Crippen molar-refractivity contribution in [1.82, 2.24) is 14.8 Å². The van der Waals surface area contributed by atoms with Gasteiger partial charge in [-0.15, -0.1) is 10.2 Å². The van der Waals surface area contributed by atoms with Crippen LogP contribution in [-0.4, -0.2) is 26.4 Å². The number of hydrogen-bond acceptors (Lipinski definition) is 5. The summed E-state index contributed by atoms with van der Waals surface area (Å²) in [4.78, 5) is 12.8. The van der Waals surface area contributed by atoms with E-state index in [2.05, 4.69) is 47.4 Å². The molecule has 4 rings (SSSR count). The third kappa shape index (κ3) is 6.54. The molecule has 0 atom stereocenters. The topological polar surface area (TPSA) is 69.0 Å². The number of carbonyl (C=O) groups is 1. The number of ether oxygens (including phenoxy) is 1. The van der Waals surface area contributed by atoms with Gasteiger partial charge < -0.3 is 10.1 Å². The van der Waals surface area contributed by atoms with Gasteiger partial charge in [0.1, 0.15) is 12.4 Å². The fourth-order valence-electron chi connectivity index (χ4n) is 3.35. The van der Waals surface area contributed by atoms with Crippen LogP contribution in [0.25, 0.3) is 5.69 Å². The fraction of sp³-hybridized carbons (Fsp3) is 0.192. The van der Waals surface area contributed by atoms with Crippen molar-refractivity contribution in [2.45, 2.75) is 32.5 Å². The molecular weight excluding hydrogens is 592 g/mol. The molecule has 0 aliphatic heterocycles. The number of nitrogens with one attached hydrogen (secondary N) is 1. The highest BCUT2D eigenvalue weighted by atomic mass is 79.9. The van der Waals surface area contributed by atoms with Crippen LogP contribution < -0.4 is 10.1 Å². The number of thioether (sulfide) groups is 1. The summed E-state index contributed by atoms with van der Waals surface area (Å²) >= 11 is 8.37. The van der Waals surface area contributed by atoms with Crippen molar-refractivity contribution in [2.75, 3.05) is 11.1 Å². The number of amides is 1. The lowest BCUT2D eigenvalue weighted by Gasteiger charge is -2.13. The Labute approximate surface area is 225 Å². The molecule has 0 unspecified atom stereocenters. The Morgan fingerprint density at radius 3 is 2.14 bits per heavy atom. The molecule has 1 N–H and O–H groups in total. The molecule has 1 aromatic heterocycles. The second kappa shape index (κ2) is 11.4. The second-order valence-corrected chi connectivity index (χ2v) is 10.8. The molecule has 0 radical (unpaired) electrons. The maximum Gasteiger partial charge on any atom is 0.234 e. The number of anilines is 1. The SMILES string of the molecule is Cc1ccc(OCc2nnc(SCC(=O)Nc3c(Br)cc(C)cc3Br)n2-c2ccc(C)cc2)cc1. The van der Waals surface area contributed by atoms with Crippen LogP contribution in [-0.2, 0) is 11.4 Å². The molecule has 0 saturated carbocycles. The molecule has 0 aliphatic carbocycles. The molecule has 180 valence electrons. The molecule has 6 nitrogen and oxygen atoms in total. The first-order valence-electron chi connectivity index (χ1n) is 10.9. The lowest BCUT2D eigenvalue weighted by Crippen LogP contribution is -2.15. The van der Waals surface area contributed by atoms with E-state index in [1.807, 2.05) is 86.0 Å². The molecule has 4 aromatic rings. The highest BCUT2D eigenvalue weighted by Gasteiger charge is 2.18. The van der Waals surface area contributed by atoms with Crippen LogP contribution in [0.4, 0.5) is 5.69 Å². The number of aromatic nitrogens is 3. The number of rotatable bonds is 8. The van der Waals surface area contributed by atoms with Crippen LogP contribution in [0.3, 0.4) is 0 Å². The zero-order valence-corrected chi connectivity index (χ0v) is 23.5. The number of hydrogen-bond donors (Lipinski definition) is 1. The van der Waals surface area contributed by atoms with Crippen molar-refractivity contribution in [3.8, 4) is 11.4 Å². The van der Waals surface area contributed by atoms with E-state index in [0.717, 1.165) is 31.5 Å². The van der Waals surface area contributed by atoms with Crippen molar-refractivity contribution < 1.29 is 9.53 Å². The van der Waals surface area contributed by atoms with E-state index in [1.165, 1.54) is 17.3 Å². The Balaban J connectivity index is 1.52. The lowest BCUT2D eigenvalue weighted by molar-refractivity contribution is -0.113. The van der Waals surface area contributed by atoms with Crippen molar-refractivity contribution >= 4 is 55.2 Å². The first-order chi connectivity index (χ1) is 16.8. The Kier molecular flexibility index (Phi) is 8.30. The molecule has 0 aliphatic rings. The summed E-state index contributed by atoms with van der Waals surface area (Å²) in [5.41, 5.74) is 5.02. The van der Waals surface area contributed by atoms with Gasteiger partial charge in [-0.1, -0.05) is 47.2 Å². The number of halogens is 2. The van der Waals surface area contributed by atoms with Gasteiger partial charge in [0, 0.05) is 14.6 Å². The molecule has 35 heavy (non-hydrogen) atoms. The molecule has 9 heteroatoms. The number of benzene rings is 3. The van der Waals surface area contributed by atoms with E-state index in [1.54, 1.807) is 0 Å². The van der Waals surface area contributed by atoms with E-state index in [9.17, 15) is 4.79 Å². The van der Waals surface area contributed by atoms with Gasteiger partial charge >= 0.3 is 0 Å². The molecule has 3 aromatic carbocycles. The van der Waals surface area contributed by atoms with Gasteiger partial charge in [0.15, 0.2) is 11.0 Å². The van der Waals surface area contributed by atoms with Crippen molar-refractivity contribution in [3.05, 3.63) is 92.1 Å². The number of nitrogens with zero attached hydrogens (tertiary/aromatic N) is 3. The Hall–Kier alpha value is -2.62. The summed E-state index contributed by atoms with van der Waals surface area (Å²) in [5, 5.41) is 12.3. The Morgan fingerprint density at radius 2 is 1.51 bits per heavy atom. The monoisotopic (exact) mass is 614 g/mol. The fourth-order valence-corrected chi connectivity index (χ4v) is 5.73. The molecule has 0 spiro atoms. The van der Waals surface area contributed by atoms with Gasteiger partial charge in [0.2, 0.25) is 5.91 Å². The number of aryl methyl sites for hydroxylation is 3. The van der Waals surface area contributed by atoms with Crippen LogP contribution in [0, 0.1) is 20.8 Å². The molecule has 0 fully saturated rings. The summed E-state index contributed by atoms with van der Waals surface area (Å²) < 4.78 is 9.54. The summed E-state index contributed by atoms with van der Waals surface area (Å²) in [7, 11) is 0. The summed E-state index contributed by atoms with van der Waals surface area (Å²) in [6.45, 7) is 6.32. The average Bonchev–Trinajstić information content (AvgIpc) is 3.23. The predicted molar refractivity (Wildman–Crippen MR) is 148 cm³/mol. The highest BCUT2D eigenvalue weighted by Crippen LogP contribution is 2.32. The van der Waals surface area contributed by atoms with Gasteiger partial charge in [0.05, 0.1) is 11.4 Å². The van der Waals surface area contributed by atoms with Crippen LogP contribution in [0.15, 0.2) is 74.8 Å². The van der Waals surface area contributed by atoms with Crippen LogP contribution >= 0.6 is 43.6 Å². The van der Waals surface area contributed by atoms with E-state index in [4.69, 9.17) is 4.74 Å². The number of carbonyl (C=O) groups excluding carboxylic acids is 1. The largest absolute Gasteiger partial charge is 0.486 e. The first kappa shape index (κ1) is 25.5. The lowest BCUT2D eigenvalue weighted by atomic mass is 10.2. The molecule has 1 heterocycles. The predicted octanol–water partition coefficient (Wildman–Crippen LogP) is 7.03. The maximum absolute atomic E-state index is 12.8. The van der Waals surface area contributed by atoms with E-state index < -0.39 is 0 Å². The highest BCUT2D eigenvalue weighted by molar-refractivity contribution is 9.11. The van der Waals surface area contributed by atoms with Gasteiger partial charge in [-0.25, -0.2) is 0 Å². The van der Waals surface area contributed by atoms with Gasteiger partial charge in [0.25, 0.3) is 0 Å². The molecular formula is C26H24Br2N4O2S. The average molecular weight is 616 g/mol. The van der Waals surface area contributed by atoms with Crippen molar-refractivity contribution in [1.29, 1.82) is 0 Å². The second-order valence-electron chi connectivity index (χ2n) is 8.11. The third-order valence-corrected chi connectivity index (χ3v) is 7.34. The minimum Gasteiger partial charge on any atom is -0.486 e. The zero-order chi connectivity index (χ0) is 24.9. The van der Waals surface area contributed by atoms with Gasteiger partial charge in [-0.3, -0.25) is 9.36 Å².